The van der Waals surface area contributed by atoms with Crippen LogP contribution in [0.1, 0.15) is 21.8 Å². The maximum atomic E-state index is 12.7. The van der Waals surface area contributed by atoms with E-state index in [0.717, 1.165) is 3.57 Å². The Morgan fingerprint density at radius 3 is 2.48 bits per heavy atom. The number of anilines is 1. The van der Waals surface area contributed by atoms with Crippen LogP contribution in [0.25, 0.3) is 0 Å². The summed E-state index contributed by atoms with van der Waals surface area (Å²) in [7, 11) is 0. The van der Waals surface area contributed by atoms with Crippen molar-refractivity contribution in [3.8, 4) is 0 Å². The first-order valence-electron chi connectivity index (χ1n) is 6.47. The van der Waals surface area contributed by atoms with E-state index >= 15 is 0 Å². The minimum absolute atomic E-state index is 0.156. The molecule has 0 aromatic heterocycles. The number of hydrogen-bond acceptors (Lipinski definition) is 2. The van der Waals surface area contributed by atoms with Crippen LogP contribution in [0, 0.1) is 3.57 Å². The first-order valence-corrected chi connectivity index (χ1v) is 7.55. The van der Waals surface area contributed by atoms with Gasteiger partial charge in [-0.05, 0) is 46.4 Å². The number of fused-ring (bicyclic) bond motifs is 1. The minimum atomic E-state index is -0.902. The summed E-state index contributed by atoms with van der Waals surface area (Å²) in [5.74, 6) is -1.72. The Morgan fingerprint density at radius 2 is 1.76 bits per heavy atom. The van der Waals surface area contributed by atoms with E-state index in [4.69, 9.17) is 0 Å². The van der Waals surface area contributed by atoms with Crippen molar-refractivity contribution < 1.29 is 14.7 Å². The highest BCUT2D eigenvalue weighted by molar-refractivity contribution is 14.1. The highest BCUT2D eigenvalue weighted by Gasteiger charge is 2.36. The molecule has 4 nitrogen and oxygen atoms in total. The predicted octanol–water partition coefficient (Wildman–Crippen LogP) is 3.12. The second-order valence-electron chi connectivity index (χ2n) is 4.85. The molecule has 106 valence electrons. The standard InChI is InChI=1S/C16H12INO3/c17-13-7-3-1-6-11(13)15(19)18-9-12(16(20)21)10-5-2-4-8-14(10)18/h1-8,12H,9H2,(H,20,21). The molecule has 1 N–H and O–H groups in total. The van der Waals surface area contributed by atoms with Crippen LogP contribution in [0.3, 0.4) is 0 Å². The second-order valence-corrected chi connectivity index (χ2v) is 6.01. The van der Waals surface area contributed by atoms with Crippen molar-refractivity contribution in [3.05, 3.63) is 63.2 Å². The van der Waals surface area contributed by atoms with Gasteiger partial charge in [0.2, 0.25) is 0 Å². The van der Waals surface area contributed by atoms with Gasteiger partial charge < -0.3 is 10.0 Å². The Hall–Kier alpha value is -1.89. The van der Waals surface area contributed by atoms with Gasteiger partial charge in [0, 0.05) is 15.8 Å². The van der Waals surface area contributed by atoms with Crippen LogP contribution in [0.4, 0.5) is 5.69 Å². The maximum Gasteiger partial charge on any atom is 0.312 e. The number of carboxylic acids is 1. The Labute approximate surface area is 135 Å². The highest BCUT2D eigenvalue weighted by atomic mass is 127. The van der Waals surface area contributed by atoms with Crippen LogP contribution in [0.15, 0.2) is 48.5 Å². The third-order valence-electron chi connectivity index (χ3n) is 3.62. The number of nitrogens with zero attached hydrogens (tertiary/aromatic N) is 1. The molecule has 2 aromatic carbocycles. The quantitative estimate of drug-likeness (QED) is 0.798. The Kier molecular flexibility index (Phi) is 3.67. The number of carbonyl (C=O) groups is 2. The number of hydrogen-bond donors (Lipinski definition) is 1. The Balaban J connectivity index is 2.03. The van der Waals surface area contributed by atoms with Crippen LogP contribution in [-0.4, -0.2) is 23.5 Å². The molecule has 0 radical (unpaired) electrons. The predicted molar refractivity (Wildman–Crippen MR) is 87.7 cm³/mol. The third-order valence-corrected chi connectivity index (χ3v) is 4.56. The summed E-state index contributed by atoms with van der Waals surface area (Å²) < 4.78 is 0.858. The molecule has 21 heavy (non-hydrogen) atoms. The summed E-state index contributed by atoms with van der Waals surface area (Å²) in [5, 5.41) is 9.35. The molecule has 1 amide bonds. The summed E-state index contributed by atoms with van der Waals surface area (Å²) in [6.45, 7) is 0.179. The molecule has 0 saturated heterocycles. The lowest BCUT2D eigenvalue weighted by atomic mass is 10.0. The van der Waals surface area contributed by atoms with Gasteiger partial charge in [-0.25, -0.2) is 0 Å². The maximum absolute atomic E-state index is 12.7. The molecule has 3 rings (SSSR count). The summed E-state index contributed by atoms with van der Waals surface area (Å²) >= 11 is 2.12. The van der Waals surface area contributed by atoms with Gasteiger partial charge in [-0.3, -0.25) is 9.59 Å². The van der Waals surface area contributed by atoms with E-state index in [9.17, 15) is 14.7 Å². The summed E-state index contributed by atoms with van der Waals surface area (Å²) in [4.78, 5) is 25.7. The lowest BCUT2D eigenvalue weighted by molar-refractivity contribution is -0.138. The highest BCUT2D eigenvalue weighted by Crippen LogP contribution is 2.37. The Morgan fingerprint density at radius 1 is 1.10 bits per heavy atom. The Bertz CT molecular complexity index is 729. The van der Waals surface area contributed by atoms with Gasteiger partial charge in [-0.1, -0.05) is 30.3 Å². The van der Waals surface area contributed by atoms with Crippen molar-refractivity contribution in [1.29, 1.82) is 0 Å². The zero-order valence-electron chi connectivity index (χ0n) is 11.0. The SMILES string of the molecule is O=C(O)C1CN(C(=O)c2ccccc2I)c2ccccc21. The normalized spacial score (nSPS) is 16.6. The van der Waals surface area contributed by atoms with Gasteiger partial charge in [0.25, 0.3) is 5.91 Å². The van der Waals surface area contributed by atoms with E-state index in [0.29, 0.717) is 16.8 Å². The smallest absolute Gasteiger partial charge is 0.312 e. The average Bonchev–Trinajstić information content (AvgIpc) is 2.87. The molecular formula is C16H12INO3. The van der Waals surface area contributed by atoms with Crippen molar-refractivity contribution in [2.45, 2.75) is 5.92 Å². The van der Waals surface area contributed by atoms with E-state index in [1.54, 1.807) is 29.2 Å². The van der Waals surface area contributed by atoms with Crippen LogP contribution >= 0.6 is 22.6 Å². The van der Waals surface area contributed by atoms with Crippen molar-refractivity contribution in [2.75, 3.05) is 11.4 Å². The third kappa shape index (κ3) is 2.42. The number of carboxylic acid groups (broad SMARTS) is 1. The molecule has 0 saturated carbocycles. The molecule has 5 heteroatoms. The fourth-order valence-electron chi connectivity index (χ4n) is 2.59. The molecule has 1 aliphatic heterocycles. The number of para-hydroxylation sites is 1. The number of carbonyl (C=O) groups excluding carboxylic acids is 1. The molecule has 0 aliphatic carbocycles. The summed E-state index contributed by atoms with van der Waals surface area (Å²) in [6, 6.07) is 14.5. The van der Waals surface area contributed by atoms with Gasteiger partial charge in [0.1, 0.15) is 5.92 Å². The van der Waals surface area contributed by atoms with Crippen molar-refractivity contribution in [3.63, 3.8) is 0 Å². The molecule has 1 atom stereocenters. The monoisotopic (exact) mass is 393 g/mol. The molecule has 1 aliphatic rings. The molecule has 2 aromatic rings. The lowest BCUT2D eigenvalue weighted by Gasteiger charge is -2.18. The first kappa shape index (κ1) is 14.1. The van der Waals surface area contributed by atoms with Gasteiger partial charge in [-0.15, -0.1) is 0 Å². The topological polar surface area (TPSA) is 57.6 Å². The molecule has 0 spiro atoms. The molecule has 1 heterocycles. The number of benzene rings is 2. The zero-order chi connectivity index (χ0) is 15.0. The lowest BCUT2D eigenvalue weighted by Crippen LogP contribution is -2.31. The van der Waals surface area contributed by atoms with Gasteiger partial charge in [0.05, 0.1) is 5.56 Å². The largest absolute Gasteiger partial charge is 0.481 e. The average molecular weight is 393 g/mol. The summed E-state index contributed by atoms with van der Waals surface area (Å²) in [6.07, 6.45) is 0. The number of amides is 1. The van der Waals surface area contributed by atoms with Crippen molar-refractivity contribution >= 4 is 40.2 Å². The first-order chi connectivity index (χ1) is 10.1. The van der Waals surface area contributed by atoms with E-state index in [-0.39, 0.29) is 12.5 Å². The van der Waals surface area contributed by atoms with Gasteiger partial charge >= 0.3 is 5.97 Å². The molecular weight excluding hydrogens is 381 g/mol. The molecule has 1 unspecified atom stereocenters. The second kappa shape index (κ2) is 5.48. The minimum Gasteiger partial charge on any atom is -0.481 e. The van der Waals surface area contributed by atoms with E-state index in [1.807, 2.05) is 24.3 Å². The van der Waals surface area contributed by atoms with Crippen LogP contribution < -0.4 is 4.90 Å². The van der Waals surface area contributed by atoms with Crippen molar-refractivity contribution in [2.24, 2.45) is 0 Å². The fraction of sp³-hybridized carbons (Fsp3) is 0.125. The van der Waals surface area contributed by atoms with E-state index in [1.165, 1.54) is 0 Å². The van der Waals surface area contributed by atoms with Gasteiger partial charge in [0.15, 0.2) is 0 Å². The van der Waals surface area contributed by atoms with Gasteiger partial charge in [-0.2, -0.15) is 0 Å². The summed E-state index contributed by atoms with van der Waals surface area (Å²) in [5.41, 5.74) is 1.98. The molecule has 0 fully saturated rings. The number of aliphatic carboxylic acids is 1. The zero-order valence-corrected chi connectivity index (χ0v) is 13.1. The van der Waals surface area contributed by atoms with Crippen LogP contribution in [-0.2, 0) is 4.79 Å². The van der Waals surface area contributed by atoms with Crippen LogP contribution in [0.5, 0.6) is 0 Å². The molecule has 0 bridgehead atoms. The van der Waals surface area contributed by atoms with Crippen molar-refractivity contribution in [1.82, 2.24) is 0 Å². The van der Waals surface area contributed by atoms with E-state index in [2.05, 4.69) is 22.6 Å². The number of halogens is 1. The number of rotatable bonds is 2. The fourth-order valence-corrected chi connectivity index (χ4v) is 3.21. The van der Waals surface area contributed by atoms with E-state index < -0.39 is 11.9 Å². The van der Waals surface area contributed by atoms with Crippen LogP contribution in [0.2, 0.25) is 0 Å².